The largest absolute Gasteiger partial charge is 0.316 e. The molecule has 0 radical (unpaired) electrons. The number of halogens is 2. The molecule has 0 saturated carbocycles. The van der Waals surface area contributed by atoms with E-state index < -0.39 is 5.91 Å². The molecule has 1 saturated heterocycles. The highest BCUT2D eigenvalue weighted by Gasteiger charge is 2.28. The Morgan fingerprint density at radius 1 is 1.20 bits per heavy atom. The number of nitrogens with zero attached hydrogens (tertiary/aromatic N) is 3. The summed E-state index contributed by atoms with van der Waals surface area (Å²) in [6.07, 6.45) is 2.84. The van der Waals surface area contributed by atoms with E-state index >= 15 is 0 Å². The maximum atomic E-state index is 12.8. The van der Waals surface area contributed by atoms with Crippen LogP contribution in [0.2, 0.25) is 10.0 Å². The molecule has 160 valence electrons. The van der Waals surface area contributed by atoms with Crippen molar-refractivity contribution >= 4 is 29.1 Å². The summed E-state index contributed by atoms with van der Waals surface area (Å²) in [4.78, 5) is 36.9. The Balaban J connectivity index is 1.84. The molecule has 0 spiro atoms. The SMILES string of the molecule is CC(C)C1CCCN1Cc1c(Cl)cc(Cl)c(=O)n1CCc1ccc(C(=O)N=O)cc1. The van der Waals surface area contributed by atoms with E-state index in [1.807, 2.05) is 0 Å². The Morgan fingerprint density at radius 2 is 1.90 bits per heavy atom. The zero-order chi connectivity index (χ0) is 21.8. The minimum Gasteiger partial charge on any atom is -0.308 e. The second-order valence-corrected chi connectivity index (χ2v) is 8.83. The molecule has 1 aromatic heterocycles. The van der Waals surface area contributed by atoms with Crippen molar-refractivity contribution < 1.29 is 4.79 Å². The second kappa shape index (κ2) is 9.86. The number of carbonyl (C=O) groups excluding carboxylic acids is 1. The van der Waals surface area contributed by atoms with E-state index in [9.17, 15) is 14.5 Å². The molecule has 6 nitrogen and oxygen atoms in total. The molecule has 30 heavy (non-hydrogen) atoms. The number of nitroso groups, excluding NO2 is 1. The number of rotatable bonds is 7. The van der Waals surface area contributed by atoms with Crippen LogP contribution in [0.4, 0.5) is 0 Å². The normalized spacial score (nSPS) is 16.9. The molecular weight excluding hydrogens is 425 g/mol. The van der Waals surface area contributed by atoms with Crippen molar-refractivity contribution in [1.29, 1.82) is 0 Å². The van der Waals surface area contributed by atoms with Gasteiger partial charge in [-0.3, -0.25) is 14.5 Å². The van der Waals surface area contributed by atoms with E-state index in [1.54, 1.807) is 28.8 Å². The van der Waals surface area contributed by atoms with Crippen molar-refractivity contribution in [2.45, 2.75) is 52.2 Å². The lowest BCUT2D eigenvalue weighted by Gasteiger charge is -2.29. The van der Waals surface area contributed by atoms with Crippen LogP contribution in [0.15, 0.2) is 40.3 Å². The van der Waals surface area contributed by atoms with E-state index in [-0.39, 0.29) is 16.1 Å². The third-order valence-corrected chi connectivity index (χ3v) is 6.35. The zero-order valence-corrected chi connectivity index (χ0v) is 18.6. The molecular formula is C22H25Cl2N3O3. The first-order chi connectivity index (χ1) is 14.3. The molecule has 1 aliphatic heterocycles. The number of likely N-dealkylation sites (tertiary alicyclic amines) is 1. The number of carbonyl (C=O) groups is 1. The molecule has 1 atom stereocenters. The number of benzene rings is 1. The van der Waals surface area contributed by atoms with Gasteiger partial charge < -0.3 is 4.57 Å². The van der Waals surface area contributed by atoms with Gasteiger partial charge in [0.05, 0.1) is 10.7 Å². The number of hydrogen-bond acceptors (Lipinski definition) is 4. The monoisotopic (exact) mass is 449 g/mol. The van der Waals surface area contributed by atoms with Crippen molar-refractivity contribution in [3.8, 4) is 0 Å². The van der Waals surface area contributed by atoms with Gasteiger partial charge in [0, 0.05) is 29.9 Å². The maximum absolute atomic E-state index is 12.8. The van der Waals surface area contributed by atoms with Gasteiger partial charge >= 0.3 is 5.91 Å². The van der Waals surface area contributed by atoms with Crippen molar-refractivity contribution in [1.82, 2.24) is 9.47 Å². The standard InChI is InChI=1S/C22H25Cl2N3O3/c1-14(2)19-4-3-10-26(19)13-20-17(23)12-18(24)22(29)27(20)11-9-15-5-7-16(8-6-15)21(28)25-30/h5-8,12,14,19H,3-4,9-11,13H2,1-2H3. The Morgan fingerprint density at radius 3 is 2.53 bits per heavy atom. The fourth-order valence-electron chi connectivity index (χ4n) is 4.14. The topological polar surface area (TPSA) is 71.7 Å². The molecule has 0 N–H and O–H groups in total. The lowest BCUT2D eigenvalue weighted by atomic mass is 10.0. The molecule has 3 rings (SSSR count). The van der Waals surface area contributed by atoms with Gasteiger partial charge in [-0.05, 0) is 55.5 Å². The van der Waals surface area contributed by atoms with Crippen LogP contribution in [0.3, 0.4) is 0 Å². The average molecular weight is 450 g/mol. The lowest BCUT2D eigenvalue weighted by molar-refractivity contribution is 0.100. The van der Waals surface area contributed by atoms with E-state index in [0.29, 0.717) is 36.5 Å². The predicted molar refractivity (Wildman–Crippen MR) is 119 cm³/mol. The van der Waals surface area contributed by atoms with Gasteiger partial charge in [-0.1, -0.05) is 49.2 Å². The fourth-order valence-corrected chi connectivity index (χ4v) is 4.68. The number of amides is 1. The first-order valence-electron chi connectivity index (χ1n) is 10.1. The quantitative estimate of drug-likeness (QED) is 0.561. The Labute approximate surface area is 185 Å². The van der Waals surface area contributed by atoms with Crippen LogP contribution >= 0.6 is 23.2 Å². The number of aromatic nitrogens is 1. The highest BCUT2D eigenvalue weighted by Crippen LogP contribution is 2.28. The van der Waals surface area contributed by atoms with E-state index in [4.69, 9.17) is 23.2 Å². The Kier molecular flexibility index (Phi) is 7.45. The molecule has 1 aliphatic rings. The van der Waals surface area contributed by atoms with Crippen LogP contribution < -0.4 is 5.56 Å². The summed E-state index contributed by atoms with van der Waals surface area (Å²) < 4.78 is 1.66. The van der Waals surface area contributed by atoms with Crippen LogP contribution in [0.5, 0.6) is 0 Å². The summed E-state index contributed by atoms with van der Waals surface area (Å²) in [5, 5.41) is 3.02. The van der Waals surface area contributed by atoms with E-state index in [1.165, 1.54) is 6.07 Å². The third kappa shape index (κ3) is 4.99. The van der Waals surface area contributed by atoms with E-state index in [2.05, 4.69) is 23.9 Å². The van der Waals surface area contributed by atoms with Crippen molar-refractivity contribution in [3.05, 3.63) is 72.5 Å². The van der Waals surface area contributed by atoms with Crippen LogP contribution in [-0.4, -0.2) is 28.0 Å². The minimum absolute atomic E-state index is 0.101. The van der Waals surface area contributed by atoms with Crippen LogP contribution in [0.1, 0.15) is 48.3 Å². The molecule has 1 aromatic carbocycles. The highest BCUT2D eigenvalue weighted by atomic mass is 35.5. The highest BCUT2D eigenvalue weighted by molar-refractivity contribution is 6.34. The third-order valence-electron chi connectivity index (χ3n) is 5.75. The van der Waals surface area contributed by atoms with Crippen molar-refractivity contribution in [3.63, 3.8) is 0 Å². The average Bonchev–Trinajstić information content (AvgIpc) is 3.20. The van der Waals surface area contributed by atoms with Gasteiger partial charge in [-0.2, -0.15) is 0 Å². The summed E-state index contributed by atoms with van der Waals surface area (Å²) in [6.45, 7) is 6.43. The number of hydrogen-bond donors (Lipinski definition) is 0. The van der Waals surface area contributed by atoms with Crippen molar-refractivity contribution in [2.75, 3.05) is 6.54 Å². The maximum Gasteiger partial charge on any atom is 0.316 e. The molecule has 0 aliphatic carbocycles. The van der Waals surface area contributed by atoms with Gasteiger partial charge in [-0.15, -0.1) is 4.91 Å². The van der Waals surface area contributed by atoms with Crippen molar-refractivity contribution in [2.24, 2.45) is 11.1 Å². The minimum atomic E-state index is -0.799. The molecule has 1 amide bonds. The van der Waals surface area contributed by atoms with Gasteiger partial charge in [0.25, 0.3) is 5.56 Å². The summed E-state index contributed by atoms with van der Waals surface area (Å²) in [6, 6.07) is 8.63. The fraction of sp³-hybridized carbons (Fsp3) is 0.455. The first kappa shape index (κ1) is 22.7. The predicted octanol–water partition coefficient (Wildman–Crippen LogP) is 4.92. The summed E-state index contributed by atoms with van der Waals surface area (Å²) in [7, 11) is 0. The van der Waals surface area contributed by atoms with Gasteiger partial charge in [0.15, 0.2) is 0 Å². The molecule has 1 unspecified atom stereocenters. The Bertz CT molecular complexity index is 986. The molecule has 1 fully saturated rings. The summed E-state index contributed by atoms with van der Waals surface area (Å²) in [5.74, 6) is -0.271. The number of pyridine rings is 1. The summed E-state index contributed by atoms with van der Waals surface area (Å²) >= 11 is 12.6. The lowest BCUT2D eigenvalue weighted by Crippen LogP contribution is -2.36. The van der Waals surface area contributed by atoms with Gasteiger partial charge in [0.1, 0.15) is 5.02 Å². The Hall–Kier alpha value is -2.02. The molecule has 2 aromatic rings. The van der Waals surface area contributed by atoms with Gasteiger partial charge in [-0.25, -0.2) is 0 Å². The molecule has 0 bridgehead atoms. The van der Waals surface area contributed by atoms with Crippen LogP contribution in [-0.2, 0) is 19.5 Å². The first-order valence-corrected chi connectivity index (χ1v) is 10.9. The molecule has 2 heterocycles. The smallest absolute Gasteiger partial charge is 0.308 e. The zero-order valence-electron chi connectivity index (χ0n) is 17.1. The number of aryl methyl sites for hydroxylation is 1. The van der Waals surface area contributed by atoms with Gasteiger partial charge in [0.2, 0.25) is 0 Å². The van der Waals surface area contributed by atoms with Crippen LogP contribution in [0, 0.1) is 10.8 Å². The van der Waals surface area contributed by atoms with Crippen LogP contribution in [0.25, 0.3) is 0 Å². The van der Waals surface area contributed by atoms with E-state index in [0.717, 1.165) is 30.6 Å². The second-order valence-electron chi connectivity index (χ2n) is 8.01. The molecule has 8 heteroatoms. The summed E-state index contributed by atoms with van der Waals surface area (Å²) in [5.41, 5.74) is 1.68.